The van der Waals surface area contributed by atoms with E-state index >= 15 is 0 Å². The van der Waals surface area contributed by atoms with Crippen LogP contribution in [0.3, 0.4) is 0 Å². The fraction of sp³-hybridized carbons (Fsp3) is 0.550. The number of carbonyl (C=O) groups excluding carboxylic acids is 2. The van der Waals surface area contributed by atoms with E-state index in [-0.39, 0.29) is 74.9 Å². The number of Topliss-reactive ketones (excluding diaryl/α,β-unsaturated/α-hetero) is 2. The van der Waals surface area contributed by atoms with Crippen molar-refractivity contribution in [3.05, 3.63) is 286 Å². The highest BCUT2D eigenvalue weighted by molar-refractivity contribution is 5.90. The molecule has 0 spiro atoms. The number of carbonyl (C=O) groups is 2. The summed E-state index contributed by atoms with van der Waals surface area (Å²) in [5.41, 5.74) is 13.0. The van der Waals surface area contributed by atoms with Crippen molar-refractivity contribution in [3.63, 3.8) is 0 Å². The molecule has 9 aliphatic rings. The molecule has 0 radical (unpaired) electrons. The molecular formula is C111H154N6O2. The van der Waals surface area contributed by atoms with Crippen LogP contribution in [-0.2, 0) is 16.1 Å². The SMILES string of the molecule is CC1(C)NC(c2ccccc2)C(c2ccccc2)N1CCC12CCC(CC1=O)C2(C)C.CC1(C)NC(c2ccccc2)C(c2ccccc2)N1CCC12CCC(CC1=O)C2(C)C.CC1C(C)C(C)C(C)C1C.CC1C(C)C(C)C(C)C1C.Cc1ccc(C(C)C)cc1.Cc1ccc(CN2C(c3ccccc3)C(c3ccccc3)NC2(C)C)cc1. The zero-order valence-electron chi connectivity index (χ0n) is 77.8. The van der Waals surface area contributed by atoms with E-state index in [1.807, 2.05) is 0 Å². The van der Waals surface area contributed by atoms with Crippen molar-refractivity contribution < 1.29 is 9.59 Å². The summed E-state index contributed by atoms with van der Waals surface area (Å²) in [4.78, 5) is 34.1. The Morgan fingerprint density at radius 3 is 0.815 bits per heavy atom. The molecule has 6 aliphatic carbocycles. The summed E-state index contributed by atoms with van der Waals surface area (Å²) in [5, 5.41) is 11.8. The highest BCUT2D eigenvalue weighted by atomic mass is 16.1. The molecule has 0 amide bonds. The largest absolute Gasteiger partial charge is 0.299 e. The Morgan fingerprint density at radius 1 is 0.328 bits per heavy atom. The molecule has 3 N–H and O–H groups in total. The van der Waals surface area contributed by atoms with Gasteiger partial charge in [-0.3, -0.25) is 40.2 Å². The van der Waals surface area contributed by atoms with Gasteiger partial charge in [0.2, 0.25) is 0 Å². The molecule has 3 heterocycles. The van der Waals surface area contributed by atoms with Gasteiger partial charge < -0.3 is 0 Å². The Hall–Kier alpha value is -7.14. The molecule has 10 unspecified atom stereocenters. The van der Waals surface area contributed by atoms with Gasteiger partial charge in [0.15, 0.2) is 0 Å². The first-order chi connectivity index (χ1) is 56.4. The summed E-state index contributed by atoms with van der Waals surface area (Å²) in [6.45, 7) is 58.6. The predicted molar refractivity (Wildman–Crippen MR) is 500 cm³/mol. The van der Waals surface area contributed by atoms with Crippen LogP contribution in [0.25, 0.3) is 0 Å². The minimum Gasteiger partial charge on any atom is -0.299 e. The van der Waals surface area contributed by atoms with E-state index in [1.54, 1.807) is 0 Å². The zero-order valence-corrected chi connectivity index (χ0v) is 77.8. The normalized spacial score (nSPS) is 32.8. The van der Waals surface area contributed by atoms with Gasteiger partial charge in [-0.25, -0.2) is 0 Å². The summed E-state index contributed by atoms with van der Waals surface area (Å²) in [6.07, 6.45) is 8.10. The van der Waals surface area contributed by atoms with Crippen molar-refractivity contribution in [2.45, 2.75) is 283 Å². The van der Waals surface area contributed by atoms with Crippen molar-refractivity contribution in [2.24, 2.45) is 92.7 Å². The highest BCUT2D eigenvalue weighted by Crippen LogP contribution is 2.67. The number of nitrogens with one attached hydrogen (secondary N) is 3. The lowest BCUT2D eigenvalue weighted by molar-refractivity contribution is -0.131. The number of hydrogen-bond acceptors (Lipinski definition) is 8. The van der Waals surface area contributed by atoms with Crippen LogP contribution < -0.4 is 16.0 Å². The monoisotopic (exact) mass is 1600 g/mol. The smallest absolute Gasteiger partial charge is 0.139 e. The second-order valence-corrected chi connectivity index (χ2v) is 41.8. The third-order valence-electron chi connectivity index (χ3n) is 33.9. The Labute approximate surface area is 722 Å². The lowest BCUT2D eigenvalue weighted by Crippen LogP contribution is -2.49. The van der Waals surface area contributed by atoms with Crippen LogP contribution in [-0.4, -0.2) is 56.3 Å². The molecule has 0 aromatic heterocycles. The van der Waals surface area contributed by atoms with Crippen LogP contribution in [0.15, 0.2) is 231 Å². The van der Waals surface area contributed by atoms with Crippen LogP contribution in [0.4, 0.5) is 0 Å². The van der Waals surface area contributed by atoms with Crippen LogP contribution in [0.2, 0.25) is 0 Å². The molecule has 119 heavy (non-hydrogen) atoms. The maximum Gasteiger partial charge on any atom is 0.139 e. The van der Waals surface area contributed by atoms with E-state index in [0.717, 1.165) is 117 Å². The molecule has 3 saturated heterocycles. The number of benzene rings is 8. The number of rotatable bonds is 15. The molecule has 6 saturated carbocycles. The molecular weight excluding hydrogens is 1450 g/mol. The van der Waals surface area contributed by atoms with E-state index < -0.39 is 0 Å². The second kappa shape index (κ2) is 37.5. The van der Waals surface area contributed by atoms with Crippen molar-refractivity contribution in [1.82, 2.24) is 30.7 Å². The van der Waals surface area contributed by atoms with Crippen LogP contribution in [0.1, 0.15) is 301 Å². The summed E-state index contributed by atoms with van der Waals surface area (Å²) in [6, 6.07) is 84.2. The highest BCUT2D eigenvalue weighted by Gasteiger charge is 2.66. The Balaban J connectivity index is 0.000000140. The summed E-state index contributed by atoms with van der Waals surface area (Å²) in [5.74, 6) is 12.2. The minimum absolute atomic E-state index is 0.105. The summed E-state index contributed by atoms with van der Waals surface area (Å²) < 4.78 is 0. The minimum atomic E-state index is -0.151. The lowest BCUT2D eigenvalue weighted by atomic mass is 9.66. The van der Waals surface area contributed by atoms with E-state index in [2.05, 4.69) is 427 Å². The van der Waals surface area contributed by atoms with Crippen LogP contribution >= 0.6 is 0 Å². The van der Waals surface area contributed by atoms with Gasteiger partial charge >= 0.3 is 0 Å². The van der Waals surface area contributed by atoms with Crippen LogP contribution in [0.5, 0.6) is 0 Å². The fourth-order valence-electron chi connectivity index (χ4n) is 24.2. The molecule has 8 nitrogen and oxygen atoms in total. The molecule has 9 fully saturated rings. The van der Waals surface area contributed by atoms with Gasteiger partial charge in [0, 0.05) is 43.3 Å². The first-order valence-electron chi connectivity index (χ1n) is 46.5. The molecule has 17 rings (SSSR count). The average Bonchev–Trinajstić information content (AvgIpc) is 1.56. The number of nitrogens with zero attached hydrogens (tertiary/aromatic N) is 3. The van der Waals surface area contributed by atoms with Gasteiger partial charge in [-0.2, -0.15) is 0 Å². The first kappa shape index (κ1) is 91.1. The Kier molecular flexibility index (Phi) is 28.7. The molecule has 3 aliphatic heterocycles. The number of hydrogen-bond donors (Lipinski definition) is 3. The van der Waals surface area contributed by atoms with Gasteiger partial charge in [0.25, 0.3) is 0 Å². The van der Waals surface area contributed by atoms with Crippen molar-refractivity contribution in [1.29, 1.82) is 0 Å². The standard InChI is InChI=1S/2C28H36N2O.C25H28N2.C10H14.2C10H20/c2*1-26(2)22-15-16-28(26,23(31)19-22)17-18-30-25(21-13-9-6-10-14-21)24(29-27(30,3)4)20-11-7-5-8-12-20;1-19-14-16-20(17-15-19)18-27-24(22-12-8-5-9-13-22)23(26-25(27,2)3)21-10-6-4-7-11-21;1-8(2)10-6-4-9(3)5-7-10;2*1-6-7(2)9(4)10(5)8(6)3/h2*5-14,22,24-25,29H,15-19H2,1-4H3;4-17,23-24,26H,18H2,1-3H3;4-8H,1-3H3;2*6-10H,1-5H3. The van der Waals surface area contributed by atoms with Gasteiger partial charge in [0.1, 0.15) is 11.6 Å². The summed E-state index contributed by atoms with van der Waals surface area (Å²) in [7, 11) is 0. The third-order valence-corrected chi connectivity index (χ3v) is 33.9. The van der Waals surface area contributed by atoms with Gasteiger partial charge in [-0.15, -0.1) is 0 Å². The van der Waals surface area contributed by atoms with Crippen molar-refractivity contribution in [3.8, 4) is 0 Å². The topological polar surface area (TPSA) is 80.0 Å². The average molecular weight is 1600 g/mol. The Bertz CT molecular complexity index is 4250. The maximum absolute atomic E-state index is 13.1. The molecule has 4 bridgehead atoms. The van der Waals surface area contributed by atoms with Crippen molar-refractivity contribution >= 4 is 11.6 Å². The van der Waals surface area contributed by atoms with Gasteiger partial charge in [0.05, 0.1) is 53.2 Å². The molecule has 640 valence electrons. The van der Waals surface area contributed by atoms with Crippen LogP contribution in [0, 0.1) is 107 Å². The summed E-state index contributed by atoms with van der Waals surface area (Å²) >= 11 is 0. The van der Waals surface area contributed by atoms with Gasteiger partial charge in [-0.1, -0.05) is 352 Å². The quantitative estimate of drug-likeness (QED) is 0.0937. The second-order valence-electron chi connectivity index (χ2n) is 41.8. The molecule has 8 aromatic rings. The Morgan fingerprint density at radius 2 is 0.571 bits per heavy atom. The van der Waals surface area contributed by atoms with E-state index in [0.29, 0.717) is 29.3 Å². The van der Waals surface area contributed by atoms with E-state index in [1.165, 1.54) is 68.5 Å². The molecule has 8 heteroatoms. The molecule has 10 atom stereocenters. The first-order valence-corrected chi connectivity index (χ1v) is 46.5. The number of fused-ring (bicyclic) bond motifs is 4. The van der Waals surface area contributed by atoms with E-state index in [9.17, 15) is 9.59 Å². The third kappa shape index (κ3) is 18.9. The predicted octanol–water partition coefficient (Wildman–Crippen LogP) is 26.9. The zero-order chi connectivity index (χ0) is 85.9. The maximum atomic E-state index is 13.1. The fourth-order valence-corrected chi connectivity index (χ4v) is 24.2. The van der Waals surface area contributed by atoms with Gasteiger partial charge in [-0.05, 0) is 226 Å². The number of aryl methyl sites for hydroxylation is 2. The number of ketones is 2. The van der Waals surface area contributed by atoms with Crippen molar-refractivity contribution in [2.75, 3.05) is 13.1 Å². The lowest BCUT2D eigenvalue weighted by Gasteiger charge is -2.41. The molecule has 8 aromatic carbocycles. The van der Waals surface area contributed by atoms with E-state index in [4.69, 9.17) is 0 Å².